The molecule has 8 nitrogen and oxygen atoms in total. The molecule has 0 unspecified atom stereocenters. The van der Waals surface area contributed by atoms with Crippen molar-refractivity contribution in [2.45, 2.75) is 33.2 Å². The minimum atomic E-state index is -0.417. The maximum Gasteiger partial charge on any atom is 0.337 e. The number of aryl methyl sites for hydroxylation is 1. The maximum atomic E-state index is 13.7. The number of esters is 1. The summed E-state index contributed by atoms with van der Waals surface area (Å²) in [5, 5.41) is 0.436. The van der Waals surface area contributed by atoms with Crippen LogP contribution in [-0.2, 0) is 4.74 Å². The van der Waals surface area contributed by atoms with E-state index < -0.39 is 5.97 Å². The highest BCUT2D eigenvalue weighted by Crippen LogP contribution is 2.29. The Kier molecular flexibility index (Phi) is 4.92. The quantitative estimate of drug-likeness (QED) is 0.385. The van der Waals surface area contributed by atoms with Gasteiger partial charge in [0.2, 0.25) is 0 Å². The Morgan fingerprint density at radius 1 is 1.00 bits per heavy atom. The van der Waals surface area contributed by atoms with Gasteiger partial charge in [-0.15, -0.1) is 0 Å². The van der Waals surface area contributed by atoms with Gasteiger partial charge in [-0.05, 0) is 56.7 Å². The molecule has 5 aromatic rings. The smallest absolute Gasteiger partial charge is 0.337 e. The van der Waals surface area contributed by atoms with E-state index in [1.807, 2.05) is 49.6 Å². The highest BCUT2D eigenvalue weighted by Gasteiger charge is 2.23. The van der Waals surface area contributed by atoms with Gasteiger partial charge in [-0.3, -0.25) is 13.9 Å². The van der Waals surface area contributed by atoms with Crippen LogP contribution in [0.15, 0.2) is 53.3 Å². The van der Waals surface area contributed by atoms with Crippen LogP contribution in [0.5, 0.6) is 0 Å². The third kappa shape index (κ3) is 3.17. The number of methoxy groups -OCH3 is 1. The SMILES string of the molecule is CC[C@@H](C)n1c(C)nc2c(c1=O)c1nc3ccccc3nc1n2-c1ccc(C(=O)OC)cc1. The van der Waals surface area contributed by atoms with Gasteiger partial charge in [0.25, 0.3) is 5.56 Å². The second-order valence-electron chi connectivity index (χ2n) is 8.05. The fourth-order valence-corrected chi connectivity index (χ4v) is 4.22. The molecule has 0 fully saturated rings. The van der Waals surface area contributed by atoms with Crippen molar-refractivity contribution in [1.29, 1.82) is 0 Å². The lowest BCUT2D eigenvalue weighted by atomic mass is 10.2. The molecule has 0 N–H and O–H groups in total. The first-order valence-corrected chi connectivity index (χ1v) is 10.8. The van der Waals surface area contributed by atoms with Crippen molar-refractivity contribution in [3.63, 3.8) is 0 Å². The Bertz CT molecular complexity index is 1600. The molecule has 5 rings (SSSR count). The van der Waals surface area contributed by atoms with Crippen molar-refractivity contribution >= 4 is 39.2 Å². The number of carbonyl (C=O) groups is 1. The van der Waals surface area contributed by atoms with Crippen LogP contribution in [-0.4, -0.2) is 37.2 Å². The van der Waals surface area contributed by atoms with Crippen LogP contribution in [0.3, 0.4) is 0 Å². The van der Waals surface area contributed by atoms with Gasteiger partial charge < -0.3 is 4.74 Å². The molecule has 0 aliphatic carbocycles. The van der Waals surface area contributed by atoms with E-state index in [0.29, 0.717) is 39.1 Å². The molecule has 8 heteroatoms. The van der Waals surface area contributed by atoms with Gasteiger partial charge in [-0.1, -0.05) is 19.1 Å². The van der Waals surface area contributed by atoms with Gasteiger partial charge in [-0.25, -0.2) is 19.7 Å². The first-order chi connectivity index (χ1) is 15.9. The zero-order valence-corrected chi connectivity index (χ0v) is 18.9. The predicted octanol–water partition coefficient (Wildman–Crippen LogP) is 4.35. The number of ether oxygens (including phenoxy) is 1. The molecule has 3 heterocycles. The van der Waals surface area contributed by atoms with Gasteiger partial charge in [0.15, 0.2) is 11.3 Å². The summed E-state index contributed by atoms with van der Waals surface area (Å²) in [7, 11) is 1.35. The van der Waals surface area contributed by atoms with E-state index in [0.717, 1.165) is 17.6 Å². The minimum Gasteiger partial charge on any atom is -0.465 e. The number of benzene rings is 2. The van der Waals surface area contributed by atoms with Crippen molar-refractivity contribution in [3.05, 3.63) is 70.3 Å². The summed E-state index contributed by atoms with van der Waals surface area (Å²) in [6.45, 7) is 5.89. The van der Waals surface area contributed by atoms with Crippen molar-refractivity contribution in [1.82, 2.24) is 24.1 Å². The molecule has 1 atom stereocenters. The van der Waals surface area contributed by atoms with E-state index in [9.17, 15) is 9.59 Å². The molecule has 0 spiro atoms. The number of para-hydroxylation sites is 2. The molecule has 0 amide bonds. The summed E-state index contributed by atoms with van der Waals surface area (Å²) in [6.07, 6.45) is 0.802. The van der Waals surface area contributed by atoms with E-state index in [4.69, 9.17) is 19.7 Å². The highest BCUT2D eigenvalue weighted by molar-refractivity contribution is 6.06. The Morgan fingerprint density at radius 2 is 1.67 bits per heavy atom. The number of aromatic nitrogens is 5. The summed E-state index contributed by atoms with van der Waals surface area (Å²) < 4.78 is 8.37. The molecule has 33 heavy (non-hydrogen) atoms. The lowest BCUT2D eigenvalue weighted by Crippen LogP contribution is -2.26. The summed E-state index contributed by atoms with van der Waals surface area (Å²) in [5.74, 6) is 0.210. The minimum absolute atomic E-state index is 0.000514. The summed E-state index contributed by atoms with van der Waals surface area (Å²) in [6, 6.07) is 14.5. The Labute approximate surface area is 189 Å². The Hall–Kier alpha value is -4.07. The average Bonchev–Trinajstić information content (AvgIpc) is 3.14. The highest BCUT2D eigenvalue weighted by atomic mass is 16.5. The molecule has 0 bridgehead atoms. The van der Waals surface area contributed by atoms with Gasteiger partial charge in [-0.2, -0.15) is 0 Å². The van der Waals surface area contributed by atoms with Gasteiger partial charge >= 0.3 is 5.97 Å². The molecule has 0 aliphatic heterocycles. The zero-order chi connectivity index (χ0) is 23.3. The molecule has 0 radical (unpaired) electrons. The topological polar surface area (TPSA) is 91.9 Å². The standard InChI is InChI=1S/C25H23N5O3/c1-5-14(2)29-15(3)26-22-20(24(29)31)21-23(28-19-9-7-6-8-18(19)27-21)30(22)17-12-10-16(11-13-17)25(32)33-4/h6-14H,5H2,1-4H3/t14-/m1/s1. The normalized spacial score (nSPS) is 12.5. The number of carbonyl (C=O) groups excluding carboxylic acids is 1. The van der Waals surface area contributed by atoms with E-state index in [2.05, 4.69) is 0 Å². The molecule has 166 valence electrons. The fraction of sp³-hybridized carbons (Fsp3) is 0.240. The molecular weight excluding hydrogens is 418 g/mol. The first-order valence-electron chi connectivity index (χ1n) is 10.8. The maximum absolute atomic E-state index is 13.7. The van der Waals surface area contributed by atoms with Crippen LogP contribution in [0.1, 0.15) is 42.5 Å². The first kappa shape index (κ1) is 20.8. The lowest BCUT2D eigenvalue weighted by molar-refractivity contribution is 0.0600. The Balaban J connectivity index is 1.92. The lowest BCUT2D eigenvalue weighted by Gasteiger charge is -2.16. The molecule has 2 aromatic carbocycles. The van der Waals surface area contributed by atoms with E-state index in [1.54, 1.807) is 28.8 Å². The van der Waals surface area contributed by atoms with Crippen LogP contribution in [0.25, 0.3) is 38.9 Å². The third-order valence-corrected chi connectivity index (χ3v) is 6.06. The number of rotatable bonds is 4. The number of hydrogen-bond donors (Lipinski definition) is 0. The molecule has 0 aliphatic rings. The second kappa shape index (κ2) is 7.81. The molecule has 3 aromatic heterocycles. The van der Waals surface area contributed by atoms with Crippen molar-refractivity contribution in [3.8, 4) is 5.69 Å². The van der Waals surface area contributed by atoms with Gasteiger partial charge in [0.1, 0.15) is 16.7 Å². The second-order valence-corrected chi connectivity index (χ2v) is 8.05. The fourth-order valence-electron chi connectivity index (χ4n) is 4.22. The zero-order valence-electron chi connectivity index (χ0n) is 18.9. The van der Waals surface area contributed by atoms with Gasteiger partial charge in [0, 0.05) is 11.7 Å². The van der Waals surface area contributed by atoms with Crippen LogP contribution in [0, 0.1) is 6.92 Å². The van der Waals surface area contributed by atoms with Crippen LogP contribution in [0.4, 0.5) is 0 Å². The largest absolute Gasteiger partial charge is 0.465 e. The van der Waals surface area contributed by atoms with Crippen molar-refractivity contribution in [2.24, 2.45) is 0 Å². The molecule has 0 saturated heterocycles. The summed E-state index contributed by atoms with van der Waals surface area (Å²) in [4.78, 5) is 40.1. The third-order valence-electron chi connectivity index (χ3n) is 6.06. The molecule has 0 saturated carbocycles. The van der Waals surface area contributed by atoms with Crippen LogP contribution >= 0.6 is 0 Å². The van der Waals surface area contributed by atoms with Crippen molar-refractivity contribution < 1.29 is 9.53 Å². The number of hydrogen-bond acceptors (Lipinski definition) is 6. The average molecular weight is 441 g/mol. The van der Waals surface area contributed by atoms with Crippen molar-refractivity contribution in [2.75, 3.05) is 7.11 Å². The van der Waals surface area contributed by atoms with Crippen LogP contribution < -0.4 is 5.56 Å². The Morgan fingerprint density at radius 3 is 2.30 bits per heavy atom. The number of nitrogens with zero attached hydrogens (tertiary/aromatic N) is 5. The van der Waals surface area contributed by atoms with E-state index in [-0.39, 0.29) is 11.6 Å². The predicted molar refractivity (Wildman–Crippen MR) is 127 cm³/mol. The summed E-state index contributed by atoms with van der Waals surface area (Å²) >= 11 is 0. The van der Waals surface area contributed by atoms with Crippen LogP contribution in [0.2, 0.25) is 0 Å². The number of fused-ring (bicyclic) bond motifs is 4. The monoisotopic (exact) mass is 441 g/mol. The summed E-state index contributed by atoms with van der Waals surface area (Å²) in [5.41, 5.74) is 4.00. The van der Waals surface area contributed by atoms with Gasteiger partial charge in [0.05, 0.1) is 23.7 Å². The molecular formula is C25H23N5O3. The van der Waals surface area contributed by atoms with E-state index >= 15 is 0 Å². The van der Waals surface area contributed by atoms with E-state index in [1.165, 1.54) is 7.11 Å².